The lowest BCUT2D eigenvalue weighted by Crippen LogP contribution is -2.52. The molecule has 1 fully saturated rings. The molecule has 0 bridgehead atoms. The van der Waals surface area contributed by atoms with E-state index < -0.39 is 38.6 Å². The molecule has 0 spiro atoms. The van der Waals surface area contributed by atoms with E-state index in [2.05, 4.69) is 15.4 Å². The minimum atomic E-state index is -4.65. The molecule has 2 atom stereocenters. The number of benzene rings is 3. The summed E-state index contributed by atoms with van der Waals surface area (Å²) in [6.07, 6.45) is -4.43. The van der Waals surface area contributed by atoms with E-state index in [1.54, 1.807) is 0 Å². The number of rotatable bonds is 8. The summed E-state index contributed by atoms with van der Waals surface area (Å²) in [7, 11) is -4.21. The fraction of sp³-hybridized carbons (Fsp3) is 0.296. The molecule has 1 amide bonds. The molecule has 196 valence electrons. The molecule has 0 aromatic heterocycles. The van der Waals surface area contributed by atoms with Crippen molar-refractivity contribution in [2.75, 3.05) is 19.6 Å². The number of nitrogens with one attached hydrogen (secondary N) is 3. The smallest absolute Gasteiger partial charge is 0.355 e. The van der Waals surface area contributed by atoms with Crippen molar-refractivity contribution >= 4 is 15.9 Å². The molecule has 1 aliphatic rings. The largest absolute Gasteiger partial charge is 0.416 e. The van der Waals surface area contributed by atoms with Crippen molar-refractivity contribution in [1.82, 2.24) is 15.4 Å². The highest BCUT2D eigenvalue weighted by Gasteiger charge is 2.33. The zero-order valence-electron chi connectivity index (χ0n) is 19.9. The van der Waals surface area contributed by atoms with E-state index in [1.165, 1.54) is 0 Å². The Bertz CT molecular complexity index is 1260. The number of halogens is 3. The first-order valence-electron chi connectivity index (χ1n) is 11.9. The fourth-order valence-corrected chi connectivity index (χ4v) is 5.80. The number of carbonyl (C=O) groups is 1. The normalized spacial score (nSPS) is 18.5. The molecule has 3 aromatic carbocycles. The van der Waals surface area contributed by atoms with Gasteiger partial charge < -0.3 is 10.6 Å². The molecule has 0 saturated carbocycles. The van der Waals surface area contributed by atoms with Crippen LogP contribution in [0.15, 0.2) is 89.8 Å². The van der Waals surface area contributed by atoms with Crippen LogP contribution in [0.4, 0.5) is 13.2 Å². The van der Waals surface area contributed by atoms with Crippen molar-refractivity contribution in [2.45, 2.75) is 29.5 Å². The van der Waals surface area contributed by atoms with Gasteiger partial charge in [-0.05, 0) is 35.7 Å². The Morgan fingerprint density at radius 1 is 0.919 bits per heavy atom. The zero-order chi connectivity index (χ0) is 26.5. The molecule has 3 N–H and O–H groups in total. The molecule has 1 saturated heterocycles. The number of sulfonamides is 1. The molecule has 0 unspecified atom stereocenters. The Morgan fingerprint density at radius 3 is 2.14 bits per heavy atom. The minimum absolute atomic E-state index is 0.0573. The lowest BCUT2D eigenvalue weighted by molar-refractivity contribution is -0.137. The van der Waals surface area contributed by atoms with Crippen LogP contribution in [0, 0.1) is 5.92 Å². The van der Waals surface area contributed by atoms with E-state index in [-0.39, 0.29) is 24.8 Å². The molecule has 3 aromatic rings. The van der Waals surface area contributed by atoms with Crippen LogP contribution in [0.25, 0.3) is 0 Å². The number of hydrogen-bond donors (Lipinski definition) is 3. The van der Waals surface area contributed by atoms with Gasteiger partial charge in [-0.2, -0.15) is 13.2 Å². The van der Waals surface area contributed by atoms with Crippen LogP contribution in [0.3, 0.4) is 0 Å². The van der Waals surface area contributed by atoms with Gasteiger partial charge in [0.25, 0.3) is 0 Å². The van der Waals surface area contributed by atoms with Gasteiger partial charge in [-0.1, -0.05) is 66.7 Å². The van der Waals surface area contributed by atoms with E-state index in [4.69, 9.17) is 0 Å². The van der Waals surface area contributed by atoms with Crippen LogP contribution in [0.1, 0.15) is 29.0 Å². The lowest BCUT2D eigenvalue weighted by atomic mass is 9.90. The number of piperidine rings is 1. The zero-order valence-corrected chi connectivity index (χ0v) is 20.7. The SMILES string of the molecule is O=C(NCC(c1ccccc1)c1ccccc1)[C@@H]1CNC[C@@H](NS(=O)(=O)c2cccc(C(F)(F)F)c2)C1. The molecule has 1 aliphatic heterocycles. The van der Waals surface area contributed by atoms with Gasteiger partial charge in [-0.3, -0.25) is 4.79 Å². The second-order valence-corrected chi connectivity index (χ2v) is 10.8. The third-order valence-corrected chi connectivity index (χ3v) is 7.92. The standard InChI is InChI=1S/C27H28F3N3O3S/c28-27(29,30)22-12-7-13-24(15-22)37(35,36)33-23-14-21(16-31-17-23)26(34)32-18-25(19-8-3-1-4-9-19)20-10-5-2-6-11-20/h1-13,15,21,23,25,31,33H,14,16-18H2,(H,32,34)/t21-,23-/m0/s1. The summed E-state index contributed by atoms with van der Waals surface area (Å²) >= 11 is 0. The Labute approximate surface area is 214 Å². The average molecular weight is 532 g/mol. The van der Waals surface area contributed by atoms with Gasteiger partial charge in [0.05, 0.1) is 16.4 Å². The Morgan fingerprint density at radius 2 is 1.54 bits per heavy atom. The lowest BCUT2D eigenvalue weighted by Gasteiger charge is -2.30. The highest BCUT2D eigenvalue weighted by molar-refractivity contribution is 7.89. The highest BCUT2D eigenvalue weighted by Crippen LogP contribution is 2.30. The third kappa shape index (κ3) is 6.97. The molecule has 10 heteroatoms. The van der Waals surface area contributed by atoms with Gasteiger partial charge in [-0.15, -0.1) is 0 Å². The van der Waals surface area contributed by atoms with Crippen molar-refractivity contribution < 1.29 is 26.4 Å². The topological polar surface area (TPSA) is 87.3 Å². The average Bonchev–Trinajstić information content (AvgIpc) is 2.89. The van der Waals surface area contributed by atoms with Crippen LogP contribution >= 0.6 is 0 Å². The van der Waals surface area contributed by atoms with Crippen LogP contribution in [0.2, 0.25) is 0 Å². The van der Waals surface area contributed by atoms with E-state index >= 15 is 0 Å². The first-order chi connectivity index (χ1) is 17.6. The molecule has 37 heavy (non-hydrogen) atoms. The van der Waals surface area contributed by atoms with Crippen LogP contribution < -0.4 is 15.4 Å². The summed E-state index contributed by atoms with van der Waals surface area (Å²) < 4.78 is 67.1. The van der Waals surface area contributed by atoms with Crippen LogP contribution in [-0.4, -0.2) is 40.0 Å². The maximum absolute atomic E-state index is 13.0. The van der Waals surface area contributed by atoms with Crippen molar-refractivity contribution in [2.24, 2.45) is 5.92 Å². The van der Waals surface area contributed by atoms with Crippen LogP contribution in [-0.2, 0) is 21.0 Å². The maximum Gasteiger partial charge on any atom is 0.416 e. The summed E-state index contributed by atoms with van der Waals surface area (Å²) in [6, 6.07) is 22.6. The Kier molecular flexibility index (Phi) is 8.31. The molecule has 6 nitrogen and oxygen atoms in total. The van der Waals surface area contributed by atoms with Crippen LogP contribution in [0.5, 0.6) is 0 Å². The van der Waals surface area contributed by atoms with Gasteiger partial charge >= 0.3 is 6.18 Å². The number of carbonyl (C=O) groups excluding carboxylic acids is 1. The third-order valence-electron chi connectivity index (χ3n) is 6.40. The maximum atomic E-state index is 13.0. The quantitative estimate of drug-likeness (QED) is 0.412. The van der Waals surface area contributed by atoms with E-state index in [9.17, 15) is 26.4 Å². The second-order valence-electron chi connectivity index (χ2n) is 9.05. The molecule has 0 radical (unpaired) electrons. The first-order valence-corrected chi connectivity index (χ1v) is 13.4. The Balaban J connectivity index is 1.40. The summed E-state index contributed by atoms with van der Waals surface area (Å²) in [4.78, 5) is 12.6. The van der Waals surface area contributed by atoms with E-state index in [0.29, 0.717) is 19.2 Å². The van der Waals surface area contributed by atoms with Gasteiger partial charge in [0, 0.05) is 31.6 Å². The van der Waals surface area contributed by atoms with Crippen molar-refractivity contribution in [1.29, 1.82) is 0 Å². The molecule has 4 rings (SSSR count). The van der Waals surface area contributed by atoms with Gasteiger partial charge in [-0.25, -0.2) is 13.1 Å². The number of alkyl halides is 3. The predicted molar refractivity (Wildman–Crippen MR) is 134 cm³/mol. The molecule has 1 heterocycles. The van der Waals surface area contributed by atoms with Crippen molar-refractivity contribution in [3.05, 3.63) is 102 Å². The predicted octanol–water partition coefficient (Wildman–Crippen LogP) is 3.91. The van der Waals surface area contributed by atoms with Gasteiger partial charge in [0.2, 0.25) is 15.9 Å². The number of amides is 1. The van der Waals surface area contributed by atoms with Gasteiger partial charge in [0.15, 0.2) is 0 Å². The summed E-state index contributed by atoms with van der Waals surface area (Å²) in [5.41, 5.74) is 1.07. The Hall–Kier alpha value is -3.21. The fourth-order valence-electron chi connectivity index (χ4n) is 4.50. The molecular formula is C27H28F3N3O3S. The highest BCUT2D eigenvalue weighted by atomic mass is 32.2. The van der Waals surface area contributed by atoms with E-state index in [1.807, 2.05) is 60.7 Å². The van der Waals surface area contributed by atoms with Gasteiger partial charge in [0.1, 0.15) is 0 Å². The summed E-state index contributed by atoms with van der Waals surface area (Å²) in [6.45, 7) is 0.998. The minimum Gasteiger partial charge on any atom is -0.355 e. The molecular weight excluding hydrogens is 503 g/mol. The molecule has 0 aliphatic carbocycles. The monoisotopic (exact) mass is 531 g/mol. The first kappa shape index (κ1) is 26.8. The second kappa shape index (κ2) is 11.5. The summed E-state index contributed by atoms with van der Waals surface area (Å²) in [5.74, 6) is -0.777. The summed E-state index contributed by atoms with van der Waals surface area (Å²) in [5, 5.41) is 6.07. The van der Waals surface area contributed by atoms with Crippen molar-refractivity contribution in [3.63, 3.8) is 0 Å². The van der Waals surface area contributed by atoms with E-state index in [0.717, 1.165) is 29.3 Å². The van der Waals surface area contributed by atoms with Crippen molar-refractivity contribution in [3.8, 4) is 0 Å². The number of hydrogen-bond acceptors (Lipinski definition) is 4.